The van der Waals surface area contributed by atoms with Crippen LogP contribution in [0.15, 0.2) is 24.3 Å². The predicted octanol–water partition coefficient (Wildman–Crippen LogP) is 2.13. The van der Waals surface area contributed by atoms with Gasteiger partial charge < -0.3 is 14.2 Å². The maximum atomic E-state index is 11.7. The molecule has 1 rings (SSSR count). The van der Waals surface area contributed by atoms with Crippen molar-refractivity contribution < 1.29 is 28.6 Å². The number of hydrogen-bond donors (Lipinski definition) is 3. The number of nitrogens with one attached hydrogen (secondary N) is 2. The van der Waals surface area contributed by atoms with Crippen molar-refractivity contribution in [1.29, 1.82) is 5.41 Å². The number of amidine groups is 1. The number of benzene rings is 1. The molecule has 27 heavy (non-hydrogen) atoms. The second-order valence-corrected chi connectivity index (χ2v) is 6.72. The molecule has 150 valence electrons. The van der Waals surface area contributed by atoms with Crippen molar-refractivity contribution in [2.75, 3.05) is 13.2 Å². The smallest absolute Gasteiger partial charge is 0.413 e. The molecule has 9 nitrogen and oxygen atoms in total. The van der Waals surface area contributed by atoms with Crippen LogP contribution >= 0.6 is 0 Å². The maximum absolute atomic E-state index is 11.7. The molecule has 0 aliphatic carbocycles. The first kappa shape index (κ1) is 22.4. The van der Waals surface area contributed by atoms with Crippen LogP contribution < -0.4 is 16.0 Å². The Kier molecular flexibility index (Phi) is 8.70. The SMILES string of the molecule is CC(=O)OCCC(COc1ccc(C(=N)NC(=O)OC(C)(C)C)cc1)ON. The Morgan fingerprint density at radius 2 is 1.85 bits per heavy atom. The van der Waals surface area contributed by atoms with Crippen LogP contribution in [0.1, 0.15) is 39.7 Å². The van der Waals surface area contributed by atoms with E-state index in [0.717, 1.165) is 0 Å². The average Bonchev–Trinajstić information content (AvgIpc) is 2.56. The van der Waals surface area contributed by atoms with E-state index in [1.807, 2.05) is 0 Å². The predicted molar refractivity (Wildman–Crippen MR) is 98.4 cm³/mol. The van der Waals surface area contributed by atoms with Crippen molar-refractivity contribution in [3.63, 3.8) is 0 Å². The van der Waals surface area contributed by atoms with E-state index in [9.17, 15) is 9.59 Å². The second kappa shape index (κ2) is 10.5. The number of esters is 1. The van der Waals surface area contributed by atoms with Gasteiger partial charge in [-0.2, -0.15) is 0 Å². The van der Waals surface area contributed by atoms with Gasteiger partial charge in [0.25, 0.3) is 0 Å². The zero-order valence-electron chi connectivity index (χ0n) is 16.0. The van der Waals surface area contributed by atoms with Gasteiger partial charge in [0, 0.05) is 18.9 Å². The van der Waals surface area contributed by atoms with Crippen molar-refractivity contribution >= 4 is 17.9 Å². The summed E-state index contributed by atoms with van der Waals surface area (Å²) in [4.78, 5) is 27.2. The number of rotatable bonds is 8. The highest BCUT2D eigenvalue weighted by Crippen LogP contribution is 2.14. The van der Waals surface area contributed by atoms with Crippen molar-refractivity contribution in [1.82, 2.24) is 5.32 Å². The van der Waals surface area contributed by atoms with E-state index in [2.05, 4.69) is 5.32 Å². The Hall–Kier alpha value is -2.65. The van der Waals surface area contributed by atoms with Gasteiger partial charge in [0.2, 0.25) is 0 Å². The van der Waals surface area contributed by atoms with Gasteiger partial charge in [0.15, 0.2) is 0 Å². The number of carbonyl (C=O) groups is 2. The lowest BCUT2D eigenvalue weighted by molar-refractivity contribution is -0.142. The summed E-state index contributed by atoms with van der Waals surface area (Å²) in [5, 5.41) is 10.3. The largest absolute Gasteiger partial charge is 0.491 e. The van der Waals surface area contributed by atoms with Crippen molar-refractivity contribution in [3.05, 3.63) is 29.8 Å². The van der Waals surface area contributed by atoms with Crippen LogP contribution in [0.2, 0.25) is 0 Å². The quantitative estimate of drug-likeness (QED) is 0.272. The summed E-state index contributed by atoms with van der Waals surface area (Å²) >= 11 is 0. The molecule has 1 unspecified atom stereocenters. The summed E-state index contributed by atoms with van der Waals surface area (Å²) in [5.41, 5.74) is -0.145. The van der Waals surface area contributed by atoms with E-state index < -0.39 is 17.8 Å². The van der Waals surface area contributed by atoms with Crippen LogP contribution in [0.3, 0.4) is 0 Å². The summed E-state index contributed by atoms with van der Waals surface area (Å²) in [6.45, 7) is 6.91. The Bertz CT molecular complexity index is 639. The van der Waals surface area contributed by atoms with Gasteiger partial charge in [-0.05, 0) is 45.0 Å². The number of amides is 1. The summed E-state index contributed by atoms with van der Waals surface area (Å²) in [6.07, 6.45) is -0.724. The lowest BCUT2D eigenvalue weighted by atomic mass is 10.2. The average molecular weight is 381 g/mol. The van der Waals surface area contributed by atoms with Crippen LogP contribution in [-0.2, 0) is 19.1 Å². The molecule has 0 saturated carbocycles. The third-order valence-corrected chi connectivity index (χ3v) is 3.14. The van der Waals surface area contributed by atoms with E-state index in [1.165, 1.54) is 6.92 Å². The van der Waals surface area contributed by atoms with E-state index in [4.69, 9.17) is 30.4 Å². The van der Waals surface area contributed by atoms with Gasteiger partial charge >= 0.3 is 12.1 Å². The molecule has 0 aromatic heterocycles. The van der Waals surface area contributed by atoms with Gasteiger partial charge in [-0.15, -0.1) is 0 Å². The van der Waals surface area contributed by atoms with Crippen LogP contribution in [-0.4, -0.2) is 42.8 Å². The van der Waals surface area contributed by atoms with E-state index in [1.54, 1.807) is 45.0 Å². The molecule has 1 atom stereocenters. The molecule has 4 N–H and O–H groups in total. The fourth-order valence-electron chi connectivity index (χ4n) is 1.91. The Labute approximate surface area is 158 Å². The maximum Gasteiger partial charge on any atom is 0.413 e. The number of nitrogens with two attached hydrogens (primary N) is 1. The first-order valence-corrected chi connectivity index (χ1v) is 8.41. The lowest BCUT2D eigenvalue weighted by Gasteiger charge is -2.20. The van der Waals surface area contributed by atoms with Crippen LogP contribution in [0.25, 0.3) is 0 Å². The van der Waals surface area contributed by atoms with Gasteiger partial charge in [-0.3, -0.25) is 20.4 Å². The van der Waals surface area contributed by atoms with Crippen molar-refractivity contribution in [2.24, 2.45) is 5.90 Å². The molecule has 9 heteroatoms. The van der Waals surface area contributed by atoms with E-state index in [0.29, 0.717) is 17.7 Å². The molecule has 0 bridgehead atoms. The number of carbonyl (C=O) groups excluding carboxylic acids is 2. The highest BCUT2D eigenvalue weighted by Gasteiger charge is 2.17. The molecule has 0 spiro atoms. The molecule has 0 aliphatic heterocycles. The van der Waals surface area contributed by atoms with E-state index in [-0.39, 0.29) is 25.0 Å². The Balaban J connectivity index is 2.49. The zero-order valence-corrected chi connectivity index (χ0v) is 16.0. The fraction of sp³-hybridized carbons (Fsp3) is 0.500. The lowest BCUT2D eigenvalue weighted by Crippen LogP contribution is -2.36. The molecule has 1 aromatic rings. The topological polar surface area (TPSA) is 133 Å². The Morgan fingerprint density at radius 1 is 1.22 bits per heavy atom. The molecular formula is C18H27N3O6. The first-order valence-electron chi connectivity index (χ1n) is 8.41. The monoisotopic (exact) mass is 381 g/mol. The molecule has 0 heterocycles. The minimum absolute atomic E-state index is 0.0830. The molecule has 0 radical (unpaired) electrons. The molecule has 0 aliphatic rings. The van der Waals surface area contributed by atoms with Gasteiger partial charge in [0.05, 0.1) is 6.61 Å². The Morgan fingerprint density at radius 3 is 2.37 bits per heavy atom. The summed E-state index contributed by atoms with van der Waals surface area (Å²) in [6, 6.07) is 6.57. The zero-order chi connectivity index (χ0) is 20.4. The number of hydrogen-bond acceptors (Lipinski definition) is 8. The normalized spacial score (nSPS) is 12.0. The first-order chi connectivity index (χ1) is 12.6. The second-order valence-electron chi connectivity index (χ2n) is 6.72. The highest BCUT2D eigenvalue weighted by molar-refractivity contribution is 6.04. The number of alkyl carbamates (subject to hydrolysis) is 1. The third kappa shape index (κ3) is 9.57. The highest BCUT2D eigenvalue weighted by atomic mass is 16.6. The third-order valence-electron chi connectivity index (χ3n) is 3.14. The van der Waals surface area contributed by atoms with Crippen LogP contribution in [0.5, 0.6) is 5.75 Å². The molecule has 1 aromatic carbocycles. The van der Waals surface area contributed by atoms with Crippen LogP contribution in [0.4, 0.5) is 4.79 Å². The van der Waals surface area contributed by atoms with Gasteiger partial charge in [-0.25, -0.2) is 10.7 Å². The molecule has 0 fully saturated rings. The van der Waals surface area contributed by atoms with Crippen molar-refractivity contribution in [2.45, 2.75) is 45.8 Å². The van der Waals surface area contributed by atoms with Crippen molar-refractivity contribution in [3.8, 4) is 5.75 Å². The van der Waals surface area contributed by atoms with Gasteiger partial charge in [0.1, 0.15) is 29.9 Å². The van der Waals surface area contributed by atoms with E-state index >= 15 is 0 Å². The molecule has 0 saturated heterocycles. The fourth-order valence-corrected chi connectivity index (χ4v) is 1.91. The summed E-state index contributed by atoms with van der Waals surface area (Å²) in [7, 11) is 0. The summed E-state index contributed by atoms with van der Waals surface area (Å²) in [5.74, 6) is 5.29. The van der Waals surface area contributed by atoms with Crippen LogP contribution in [0, 0.1) is 5.41 Å². The summed E-state index contributed by atoms with van der Waals surface area (Å²) < 4.78 is 15.5. The standard InChI is InChI=1S/C18H27N3O6/c1-12(22)24-10-9-15(27-20)11-25-14-7-5-13(6-8-14)16(19)21-17(23)26-18(2,3)4/h5-8,15H,9-11,20H2,1-4H3,(H2,19,21,23). The van der Waals surface area contributed by atoms with Gasteiger partial charge in [-0.1, -0.05) is 0 Å². The minimum atomic E-state index is -0.691. The molecular weight excluding hydrogens is 354 g/mol. The molecule has 1 amide bonds. The number of ether oxygens (including phenoxy) is 3. The minimum Gasteiger partial charge on any atom is -0.491 e.